The summed E-state index contributed by atoms with van der Waals surface area (Å²) in [4.78, 5) is 30.5. The monoisotopic (exact) mass is 624 g/mol. The summed E-state index contributed by atoms with van der Waals surface area (Å²) in [6, 6.07) is 8.57. The van der Waals surface area contributed by atoms with Crippen molar-refractivity contribution < 1.29 is 27.2 Å². The topological polar surface area (TPSA) is 96.8 Å². The molecule has 2 atom stereocenters. The minimum absolute atomic E-state index is 0.00343. The van der Waals surface area contributed by atoms with E-state index in [-0.39, 0.29) is 30.2 Å². The van der Waals surface area contributed by atoms with Gasteiger partial charge in [-0.15, -0.1) is 0 Å². The van der Waals surface area contributed by atoms with E-state index in [9.17, 15) is 27.2 Å². The Morgan fingerprint density at radius 2 is 2.05 bits per heavy atom. The Morgan fingerprint density at radius 3 is 2.71 bits per heavy atom. The average Bonchev–Trinajstić information content (AvgIpc) is 3.30. The molecule has 8 nitrogen and oxygen atoms in total. The molecule has 2 aromatic carbocycles. The number of hydrogen-bond acceptors (Lipinski definition) is 5. The second-order valence-corrected chi connectivity index (χ2v) is 11.6. The molecule has 2 heterocycles. The summed E-state index contributed by atoms with van der Waals surface area (Å²) in [6.45, 7) is 2.26. The number of carbonyl (C=O) groups is 2. The summed E-state index contributed by atoms with van der Waals surface area (Å²) >= 11 is 7.01. The van der Waals surface area contributed by atoms with Gasteiger partial charge in [0.1, 0.15) is 6.17 Å². The first-order valence-electron chi connectivity index (χ1n) is 12.9. The molecule has 14 heteroatoms. The number of carbonyl (C=O) groups excluding carboxylic acids is 2. The molecule has 2 N–H and O–H groups in total. The number of thioether (sulfide) groups is 1. The highest BCUT2D eigenvalue weighted by Gasteiger charge is 2.35. The molecule has 0 radical (unpaired) electrons. The van der Waals surface area contributed by atoms with Crippen LogP contribution in [-0.2, 0) is 22.3 Å². The van der Waals surface area contributed by atoms with E-state index in [1.54, 1.807) is 29.1 Å². The SMILES string of the molecule is CC(=Cc1ccc2c(cnn2Cc2ccc(Cl)cc2C(F)(F)F)c1)SC(=NC=O)N(C)C1CCN(CC(N)=O)CC1F. The third-order valence-electron chi connectivity index (χ3n) is 6.92. The zero-order chi connectivity index (χ0) is 30.6. The van der Waals surface area contributed by atoms with Crippen molar-refractivity contribution in [3.63, 3.8) is 0 Å². The highest BCUT2D eigenvalue weighted by atomic mass is 35.5. The van der Waals surface area contributed by atoms with E-state index in [0.717, 1.165) is 21.9 Å². The number of nitrogens with two attached hydrogens (primary N) is 1. The van der Waals surface area contributed by atoms with Crippen LogP contribution in [0.2, 0.25) is 5.02 Å². The Bertz CT molecular complexity index is 1530. The van der Waals surface area contributed by atoms with Crippen molar-refractivity contribution in [2.75, 3.05) is 26.7 Å². The van der Waals surface area contributed by atoms with Gasteiger partial charge in [-0.05, 0) is 59.7 Å². The molecule has 4 rings (SSSR count). The van der Waals surface area contributed by atoms with E-state index in [4.69, 9.17) is 17.3 Å². The van der Waals surface area contributed by atoms with Crippen LogP contribution in [0.5, 0.6) is 0 Å². The predicted molar refractivity (Wildman–Crippen MR) is 157 cm³/mol. The summed E-state index contributed by atoms with van der Waals surface area (Å²) < 4.78 is 57.1. The van der Waals surface area contributed by atoms with E-state index < -0.39 is 29.9 Å². The Hall–Kier alpha value is -3.42. The van der Waals surface area contributed by atoms with Crippen molar-refractivity contribution in [1.82, 2.24) is 19.6 Å². The number of halogens is 5. The minimum atomic E-state index is -4.55. The number of fused-ring (bicyclic) bond motifs is 1. The smallest absolute Gasteiger partial charge is 0.369 e. The van der Waals surface area contributed by atoms with Gasteiger partial charge in [-0.25, -0.2) is 4.39 Å². The van der Waals surface area contributed by atoms with Crippen molar-refractivity contribution in [2.24, 2.45) is 10.7 Å². The molecule has 3 aromatic rings. The fourth-order valence-corrected chi connectivity index (χ4v) is 6.00. The van der Waals surface area contributed by atoms with Gasteiger partial charge in [0, 0.05) is 30.5 Å². The van der Waals surface area contributed by atoms with Crippen molar-refractivity contribution in [3.8, 4) is 0 Å². The summed E-state index contributed by atoms with van der Waals surface area (Å²) in [5.41, 5.74) is 5.92. The van der Waals surface area contributed by atoms with Crippen molar-refractivity contribution >= 4 is 57.8 Å². The molecule has 1 fully saturated rings. The van der Waals surface area contributed by atoms with E-state index in [0.29, 0.717) is 30.1 Å². The minimum Gasteiger partial charge on any atom is -0.369 e. The third kappa shape index (κ3) is 7.69. The Balaban J connectivity index is 1.48. The van der Waals surface area contributed by atoms with Gasteiger partial charge in [0.15, 0.2) is 5.17 Å². The van der Waals surface area contributed by atoms with Crippen LogP contribution >= 0.6 is 23.4 Å². The van der Waals surface area contributed by atoms with Crippen LogP contribution < -0.4 is 5.73 Å². The number of hydrogen-bond donors (Lipinski definition) is 1. The molecule has 1 aliphatic heterocycles. The number of piperidine rings is 1. The Morgan fingerprint density at radius 1 is 1.29 bits per heavy atom. The lowest BCUT2D eigenvalue weighted by Gasteiger charge is -2.39. The van der Waals surface area contributed by atoms with Gasteiger partial charge in [0.05, 0.1) is 36.4 Å². The molecular formula is C28H29ClF4N6O2S. The molecule has 0 bridgehead atoms. The summed E-state index contributed by atoms with van der Waals surface area (Å²) in [7, 11) is 1.68. The standard InChI is InChI=1S/C28H29ClF4N6O2S/c1-17(42-27(35-16-40)37(2)25-7-8-38(14-23(25)30)15-26(34)41)9-18-3-6-24-20(10-18)12-36-39(24)13-19-4-5-21(29)11-22(19)28(31,32)33/h3-6,9-12,16,23,25H,7-8,13-15H2,1-2H3,(H2,34,41). The summed E-state index contributed by atoms with van der Waals surface area (Å²) in [5, 5.41) is 5.35. The number of aromatic nitrogens is 2. The lowest BCUT2D eigenvalue weighted by atomic mass is 10.0. The van der Waals surface area contributed by atoms with Gasteiger partial charge in [-0.1, -0.05) is 35.5 Å². The fraction of sp³-hybridized carbons (Fsp3) is 0.357. The number of likely N-dealkylation sites (tertiary alicyclic amines) is 1. The molecule has 2 unspecified atom stereocenters. The number of alkyl halides is 4. The van der Waals surface area contributed by atoms with E-state index in [1.165, 1.54) is 28.6 Å². The molecule has 224 valence electrons. The maximum atomic E-state index is 15.0. The number of amides is 2. The molecule has 0 saturated carbocycles. The van der Waals surface area contributed by atoms with Crippen molar-refractivity contribution in [1.29, 1.82) is 0 Å². The van der Waals surface area contributed by atoms with Crippen LogP contribution in [0.3, 0.4) is 0 Å². The maximum absolute atomic E-state index is 15.0. The second-order valence-electron chi connectivity index (χ2n) is 9.98. The van der Waals surface area contributed by atoms with Gasteiger partial charge in [-0.2, -0.15) is 23.3 Å². The molecule has 1 aliphatic rings. The maximum Gasteiger partial charge on any atom is 0.416 e. The van der Waals surface area contributed by atoms with Crippen LogP contribution in [0, 0.1) is 0 Å². The average molecular weight is 625 g/mol. The number of rotatable bonds is 8. The van der Waals surface area contributed by atoms with E-state index in [2.05, 4.69) is 10.1 Å². The number of amidine groups is 1. The van der Waals surface area contributed by atoms with Crippen molar-refractivity contribution in [3.05, 3.63) is 69.2 Å². The normalized spacial score (nSPS) is 18.8. The Labute approximate surface area is 249 Å². The molecule has 0 aliphatic carbocycles. The highest BCUT2D eigenvalue weighted by Crippen LogP contribution is 2.34. The number of benzene rings is 2. The van der Waals surface area contributed by atoms with Gasteiger partial charge in [0.2, 0.25) is 12.3 Å². The summed E-state index contributed by atoms with van der Waals surface area (Å²) in [5.74, 6) is -0.517. The molecule has 1 saturated heterocycles. The zero-order valence-electron chi connectivity index (χ0n) is 22.8. The van der Waals surface area contributed by atoms with Gasteiger partial charge in [-0.3, -0.25) is 19.2 Å². The van der Waals surface area contributed by atoms with Crippen LogP contribution in [-0.4, -0.2) is 76.0 Å². The number of allylic oxidation sites excluding steroid dienone is 1. The van der Waals surface area contributed by atoms with Crippen LogP contribution in [0.25, 0.3) is 17.0 Å². The Kier molecular flexibility index (Phi) is 9.95. The molecule has 1 aromatic heterocycles. The van der Waals surface area contributed by atoms with Crippen LogP contribution in [0.4, 0.5) is 17.6 Å². The first-order chi connectivity index (χ1) is 19.8. The molecule has 42 heavy (non-hydrogen) atoms. The first-order valence-corrected chi connectivity index (χ1v) is 14.1. The molecule has 2 amide bonds. The lowest BCUT2D eigenvalue weighted by Crippen LogP contribution is -2.53. The zero-order valence-corrected chi connectivity index (χ0v) is 24.4. The number of aliphatic imine (C=N–C) groups is 1. The highest BCUT2D eigenvalue weighted by molar-refractivity contribution is 8.17. The van der Waals surface area contributed by atoms with Crippen LogP contribution in [0.15, 0.2) is 52.5 Å². The largest absolute Gasteiger partial charge is 0.416 e. The molecular weight excluding hydrogens is 596 g/mol. The lowest BCUT2D eigenvalue weighted by molar-refractivity contribution is -0.138. The van der Waals surface area contributed by atoms with E-state index >= 15 is 0 Å². The number of primary amides is 1. The van der Waals surface area contributed by atoms with Gasteiger partial charge >= 0.3 is 6.18 Å². The summed E-state index contributed by atoms with van der Waals surface area (Å²) in [6.07, 6.45) is -1.55. The second kappa shape index (κ2) is 13.3. The number of nitrogens with zero attached hydrogens (tertiary/aromatic N) is 5. The van der Waals surface area contributed by atoms with Crippen LogP contribution in [0.1, 0.15) is 30.0 Å². The predicted octanol–water partition coefficient (Wildman–Crippen LogP) is 5.19. The van der Waals surface area contributed by atoms with Crippen molar-refractivity contribution in [2.45, 2.75) is 38.3 Å². The van der Waals surface area contributed by atoms with Gasteiger partial charge in [0.25, 0.3) is 0 Å². The third-order valence-corrected chi connectivity index (χ3v) is 8.17. The molecule has 0 spiro atoms. The quantitative estimate of drug-likeness (QED) is 0.160. The fourth-order valence-electron chi connectivity index (χ4n) is 4.97. The van der Waals surface area contributed by atoms with E-state index in [1.807, 2.05) is 25.1 Å². The van der Waals surface area contributed by atoms with Gasteiger partial charge < -0.3 is 10.6 Å². The first kappa shape index (κ1) is 31.5.